The van der Waals surface area contributed by atoms with Gasteiger partial charge in [-0.1, -0.05) is 6.42 Å². The summed E-state index contributed by atoms with van der Waals surface area (Å²) >= 11 is 0. The standard InChI is InChI=1S/C13H23N3O/c17-13(11-8-14-9-11)16-7-4-12(10-16)15-5-2-1-3-6-15/h11-12,14H,1-10H2. The second-order valence-corrected chi connectivity index (χ2v) is 5.68. The van der Waals surface area contributed by atoms with E-state index >= 15 is 0 Å². The Kier molecular flexibility index (Phi) is 3.34. The molecular formula is C13H23N3O. The van der Waals surface area contributed by atoms with E-state index in [1.807, 2.05) is 0 Å². The Bertz CT molecular complexity index is 284. The van der Waals surface area contributed by atoms with Crippen LogP contribution in [0.25, 0.3) is 0 Å². The van der Waals surface area contributed by atoms with Crippen molar-refractivity contribution in [1.82, 2.24) is 15.1 Å². The van der Waals surface area contributed by atoms with Gasteiger partial charge < -0.3 is 10.2 Å². The average Bonchev–Trinajstić information content (AvgIpc) is 2.77. The third-order valence-electron chi connectivity index (χ3n) is 4.51. The lowest BCUT2D eigenvalue weighted by molar-refractivity contribution is -0.136. The maximum absolute atomic E-state index is 12.1. The summed E-state index contributed by atoms with van der Waals surface area (Å²) in [7, 11) is 0. The third kappa shape index (κ3) is 2.33. The van der Waals surface area contributed by atoms with E-state index in [0.29, 0.717) is 11.9 Å². The van der Waals surface area contributed by atoms with Crippen molar-refractivity contribution < 1.29 is 4.79 Å². The maximum Gasteiger partial charge on any atom is 0.228 e. The lowest BCUT2D eigenvalue weighted by Crippen LogP contribution is -2.52. The smallest absolute Gasteiger partial charge is 0.228 e. The van der Waals surface area contributed by atoms with Gasteiger partial charge in [-0.05, 0) is 32.4 Å². The highest BCUT2D eigenvalue weighted by Gasteiger charge is 2.35. The van der Waals surface area contributed by atoms with Crippen molar-refractivity contribution in [2.75, 3.05) is 39.3 Å². The van der Waals surface area contributed by atoms with Gasteiger partial charge in [0.25, 0.3) is 0 Å². The van der Waals surface area contributed by atoms with Crippen LogP contribution in [0.5, 0.6) is 0 Å². The summed E-state index contributed by atoms with van der Waals surface area (Å²) in [6, 6.07) is 0.646. The minimum atomic E-state index is 0.273. The first-order valence-electron chi connectivity index (χ1n) is 7.08. The van der Waals surface area contributed by atoms with Crippen molar-refractivity contribution in [3.8, 4) is 0 Å². The number of piperidine rings is 1. The molecular weight excluding hydrogens is 214 g/mol. The molecule has 1 atom stereocenters. The Morgan fingerprint density at radius 1 is 1.06 bits per heavy atom. The summed E-state index contributed by atoms with van der Waals surface area (Å²) in [6.07, 6.45) is 5.26. The molecule has 0 aromatic carbocycles. The number of nitrogens with zero attached hydrogens (tertiary/aromatic N) is 2. The fourth-order valence-corrected chi connectivity index (χ4v) is 3.25. The maximum atomic E-state index is 12.1. The molecule has 3 fully saturated rings. The summed E-state index contributed by atoms with van der Waals surface area (Å²) in [5, 5.41) is 3.18. The van der Waals surface area contributed by atoms with E-state index in [9.17, 15) is 4.79 Å². The summed E-state index contributed by atoms with van der Waals surface area (Å²) in [5.74, 6) is 0.665. The minimum absolute atomic E-state index is 0.273. The molecule has 3 aliphatic heterocycles. The fraction of sp³-hybridized carbons (Fsp3) is 0.923. The molecule has 0 radical (unpaired) electrons. The van der Waals surface area contributed by atoms with Crippen LogP contribution in [-0.4, -0.2) is 61.0 Å². The highest BCUT2D eigenvalue weighted by atomic mass is 16.2. The van der Waals surface area contributed by atoms with Crippen molar-refractivity contribution in [2.24, 2.45) is 5.92 Å². The third-order valence-corrected chi connectivity index (χ3v) is 4.51. The number of hydrogen-bond acceptors (Lipinski definition) is 3. The van der Waals surface area contributed by atoms with Gasteiger partial charge in [0.15, 0.2) is 0 Å². The summed E-state index contributed by atoms with van der Waals surface area (Å²) in [5.41, 5.74) is 0. The van der Waals surface area contributed by atoms with Gasteiger partial charge in [0, 0.05) is 32.2 Å². The zero-order valence-electron chi connectivity index (χ0n) is 10.5. The lowest BCUT2D eigenvalue weighted by atomic mass is 10.0. The Morgan fingerprint density at radius 2 is 1.82 bits per heavy atom. The van der Waals surface area contributed by atoms with Gasteiger partial charge >= 0.3 is 0 Å². The molecule has 3 aliphatic rings. The van der Waals surface area contributed by atoms with E-state index in [1.165, 1.54) is 38.8 Å². The molecule has 1 amide bonds. The Balaban J connectivity index is 1.52. The van der Waals surface area contributed by atoms with Gasteiger partial charge in [-0.15, -0.1) is 0 Å². The number of amides is 1. The van der Waals surface area contributed by atoms with Gasteiger partial charge in [-0.25, -0.2) is 0 Å². The van der Waals surface area contributed by atoms with Crippen LogP contribution in [-0.2, 0) is 4.79 Å². The molecule has 0 aliphatic carbocycles. The molecule has 3 saturated heterocycles. The lowest BCUT2D eigenvalue weighted by Gasteiger charge is -2.33. The van der Waals surface area contributed by atoms with E-state index in [0.717, 1.165) is 26.2 Å². The monoisotopic (exact) mass is 237 g/mol. The van der Waals surface area contributed by atoms with Crippen LogP contribution in [0.1, 0.15) is 25.7 Å². The van der Waals surface area contributed by atoms with Crippen LogP contribution in [0.3, 0.4) is 0 Å². The first-order valence-corrected chi connectivity index (χ1v) is 7.08. The van der Waals surface area contributed by atoms with Crippen LogP contribution in [0.2, 0.25) is 0 Å². The second kappa shape index (κ2) is 4.94. The normalized spacial score (nSPS) is 31.5. The molecule has 0 aromatic heterocycles. The van der Waals surface area contributed by atoms with Crippen LogP contribution < -0.4 is 5.32 Å². The van der Waals surface area contributed by atoms with E-state index in [-0.39, 0.29) is 5.92 Å². The van der Waals surface area contributed by atoms with Crippen molar-refractivity contribution in [1.29, 1.82) is 0 Å². The van der Waals surface area contributed by atoms with Crippen LogP contribution in [0.4, 0.5) is 0 Å². The number of rotatable bonds is 2. The van der Waals surface area contributed by atoms with Crippen LogP contribution in [0.15, 0.2) is 0 Å². The predicted octanol–water partition coefficient (Wildman–Crippen LogP) is 0.293. The molecule has 0 saturated carbocycles. The zero-order chi connectivity index (χ0) is 11.7. The average molecular weight is 237 g/mol. The van der Waals surface area contributed by atoms with Crippen molar-refractivity contribution >= 4 is 5.91 Å². The number of likely N-dealkylation sites (tertiary alicyclic amines) is 2. The van der Waals surface area contributed by atoms with E-state index < -0.39 is 0 Å². The predicted molar refractivity (Wildman–Crippen MR) is 66.8 cm³/mol. The SMILES string of the molecule is O=C(C1CNC1)N1CCC(N2CCCCC2)C1. The van der Waals surface area contributed by atoms with E-state index in [1.54, 1.807) is 0 Å². The first kappa shape index (κ1) is 11.5. The van der Waals surface area contributed by atoms with Gasteiger partial charge in [0.1, 0.15) is 0 Å². The van der Waals surface area contributed by atoms with Crippen molar-refractivity contribution in [2.45, 2.75) is 31.7 Å². The van der Waals surface area contributed by atoms with Crippen LogP contribution in [0, 0.1) is 5.92 Å². The Labute approximate surface area is 103 Å². The minimum Gasteiger partial charge on any atom is -0.341 e. The van der Waals surface area contributed by atoms with Gasteiger partial charge in [0.05, 0.1) is 5.92 Å². The largest absolute Gasteiger partial charge is 0.341 e. The molecule has 4 nitrogen and oxygen atoms in total. The second-order valence-electron chi connectivity index (χ2n) is 5.68. The quantitative estimate of drug-likeness (QED) is 0.750. The molecule has 3 rings (SSSR count). The summed E-state index contributed by atoms with van der Waals surface area (Å²) in [4.78, 5) is 16.8. The molecule has 1 unspecified atom stereocenters. The Morgan fingerprint density at radius 3 is 2.47 bits per heavy atom. The molecule has 0 aromatic rings. The molecule has 17 heavy (non-hydrogen) atoms. The van der Waals surface area contributed by atoms with Gasteiger partial charge in [-0.2, -0.15) is 0 Å². The summed E-state index contributed by atoms with van der Waals surface area (Å²) < 4.78 is 0. The highest BCUT2D eigenvalue weighted by molar-refractivity contribution is 5.80. The molecule has 96 valence electrons. The molecule has 4 heteroatoms. The number of carbonyl (C=O) groups is 1. The number of carbonyl (C=O) groups excluding carboxylic acids is 1. The summed E-state index contributed by atoms with van der Waals surface area (Å²) in [6.45, 7) is 6.24. The highest BCUT2D eigenvalue weighted by Crippen LogP contribution is 2.22. The topological polar surface area (TPSA) is 35.6 Å². The number of hydrogen-bond donors (Lipinski definition) is 1. The van der Waals surface area contributed by atoms with Gasteiger partial charge in [0.2, 0.25) is 5.91 Å². The van der Waals surface area contributed by atoms with Gasteiger partial charge in [-0.3, -0.25) is 9.69 Å². The first-order chi connectivity index (χ1) is 8.34. The zero-order valence-corrected chi connectivity index (χ0v) is 10.5. The molecule has 3 heterocycles. The molecule has 1 N–H and O–H groups in total. The van der Waals surface area contributed by atoms with Crippen LogP contribution >= 0.6 is 0 Å². The molecule has 0 spiro atoms. The van der Waals surface area contributed by atoms with Crippen molar-refractivity contribution in [3.05, 3.63) is 0 Å². The molecule has 0 bridgehead atoms. The Hall–Kier alpha value is -0.610. The van der Waals surface area contributed by atoms with E-state index in [2.05, 4.69) is 15.1 Å². The fourth-order valence-electron chi connectivity index (χ4n) is 3.25. The number of nitrogens with one attached hydrogen (secondary N) is 1. The van der Waals surface area contributed by atoms with Crippen molar-refractivity contribution in [3.63, 3.8) is 0 Å². The van der Waals surface area contributed by atoms with E-state index in [4.69, 9.17) is 0 Å².